The first-order valence-corrected chi connectivity index (χ1v) is 7.65. The van der Waals surface area contributed by atoms with E-state index < -0.39 is 11.7 Å². The molecule has 0 aliphatic carbocycles. The van der Waals surface area contributed by atoms with Gasteiger partial charge in [0.05, 0.1) is 5.56 Å². The van der Waals surface area contributed by atoms with E-state index in [1.54, 1.807) is 6.07 Å². The number of halogens is 3. The molecule has 120 valence electrons. The number of hydrogen-bond donors (Lipinski definition) is 1. The van der Waals surface area contributed by atoms with Crippen LogP contribution in [-0.4, -0.2) is 12.6 Å². The van der Waals surface area contributed by atoms with Crippen LogP contribution in [0.15, 0.2) is 24.3 Å². The SMILES string of the molecule is CCCNC(Cc1cccc(C(F)(F)F)c1)C(C)C(C)C. The standard InChI is InChI=1S/C17H26F3N/c1-5-9-21-16(13(4)12(2)3)11-14-7-6-8-15(10-14)17(18,19)20/h6-8,10,12-13,16,21H,5,9,11H2,1-4H3. The Labute approximate surface area is 125 Å². The van der Waals surface area contributed by atoms with Crippen LogP contribution in [0, 0.1) is 11.8 Å². The molecule has 21 heavy (non-hydrogen) atoms. The van der Waals surface area contributed by atoms with Gasteiger partial charge in [-0.05, 0) is 42.9 Å². The molecular weight excluding hydrogens is 275 g/mol. The van der Waals surface area contributed by atoms with Crippen molar-refractivity contribution in [3.05, 3.63) is 35.4 Å². The van der Waals surface area contributed by atoms with Crippen molar-refractivity contribution in [2.75, 3.05) is 6.54 Å². The lowest BCUT2D eigenvalue weighted by Crippen LogP contribution is -2.39. The largest absolute Gasteiger partial charge is 0.416 e. The van der Waals surface area contributed by atoms with Crippen molar-refractivity contribution in [3.8, 4) is 0 Å². The molecule has 0 aromatic heterocycles. The summed E-state index contributed by atoms with van der Waals surface area (Å²) in [4.78, 5) is 0. The van der Waals surface area contributed by atoms with Crippen LogP contribution in [0.5, 0.6) is 0 Å². The molecule has 0 fully saturated rings. The zero-order chi connectivity index (χ0) is 16.0. The zero-order valence-corrected chi connectivity index (χ0v) is 13.3. The van der Waals surface area contributed by atoms with Crippen molar-refractivity contribution in [1.82, 2.24) is 5.32 Å². The molecule has 0 aliphatic heterocycles. The Morgan fingerprint density at radius 2 is 1.81 bits per heavy atom. The predicted molar refractivity (Wildman–Crippen MR) is 81.2 cm³/mol. The van der Waals surface area contributed by atoms with Crippen LogP contribution in [0.3, 0.4) is 0 Å². The molecular formula is C17H26F3N. The van der Waals surface area contributed by atoms with Crippen molar-refractivity contribution >= 4 is 0 Å². The van der Waals surface area contributed by atoms with Crippen molar-refractivity contribution in [3.63, 3.8) is 0 Å². The van der Waals surface area contributed by atoms with E-state index in [-0.39, 0.29) is 6.04 Å². The Balaban J connectivity index is 2.87. The lowest BCUT2D eigenvalue weighted by atomic mass is 9.86. The van der Waals surface area contributed by atoms with Crippen LogP contribution in [0.1, 0.15) is 45.2 Å². The zero-order valence-electron chi connectivity index (χ0n) is 13.3. The third kappa shape index (κ3) is 5.70. The number of nitrogens with one attached hydrogen (secondary N) is 1. The van der Waals surface area contributed by atoms with Gasteiger partial charge in [-0.25, -0.2) is 0 Å². The van der Waals surface area contributed by atoms with E-state index in [0.29, 0.717) is 18.3 Å². The lowest BCUT2D eigenvalue weighted by Gasteiger charge is -2.28. The van der Waals surface area contributed by atoms with E-state index in [4.69, 9.17) is 0 Å². The Bertz CT molecular complexity index is 426. The first kappa shape index (κ1) is 18.0. The highest BCUT2D eigenvalue weighted by atomic mass is 19.4. The fraction of sp³-hybridized carbons (Fsp3) is 0.647. The molecule has 1 aromatic rings. The maximum Gasteiger partial charge on any atom is 0.416 e. The van der Waals surface area contributed by atoms with E-state index in [9.17, 15) is 13.2 Å². The lowest BCUT2D eigenvalue weighted by molar-refractivity contribution is -0.137. The molecule has 0 bridgehead atoms. The molecule has 0 radical (unpaired) electrons. The van der Waals surface area contributed by atoms with Crippen LogP contribution in [0.25, 0.3) is 0 Å². The summed E-state index contributed by atoms with van der Waals surface area (Å²) in [6.45, 7) is 9.44. The van der Waals surface area contributed by atoms with Crippen molar-refractivity contribution < 1.29 is 13.2 Å². The van der Waals surface area contributed by atoms with Crippen molar-refractivity contribution in [2.45, 2.75) is 52.8 Å². The second kappa shape index (κ2) is 7.83. The van der Waals surface area contributed by atoms with E-state index in [0.717, 1.165) is 24.6 Å². The molecule has 0 aliphatic rings. The van der Waals surface area contributed by atoms with Gasteiger partial charge in [0.2, 0.25) is 0 Å². The Morgan fingerprint density at radius 1 is 1.14 bits per heavy atom. The molecule has 0 spiro atoms. The van der Waals surface area contributed by atoms with Crippen LogP contribution >= 0.6 is 0 Å². The summed E-state index contributed by atoms with van der Waals surface area (Å²) in [6.07, 6.45) is -2.63. The van der Waals surface area contributed by atoms with Gasteiger partial charge in [0.1, 0.15) is 0 Å². The first-order valence-electron chi connectivity index (χ1n) is 7.65. The summed E-state index contributed by atoms with van der Waals surface area (Å²) in [6, 6.07) is 5.88. The predicted octanol–water partition coefficient (Wildman–Crippen LogP) is 4.91. The Kier molecular flexibility index (Phi) is 6.72. The van der Waals surface area contributed by atoms with Gasteiger partial charge in [-0.2, -0.15) is 13.2 Å². The van der Waals surface area contributed by atoms with E-state index in [1.165, 1.54) is 12.1 Å². The highest BCUT2D eigenvalue weighted by molar-refractivity contribution is 5.26. The third-order valence-corrected chi connectivity index (χ3v) is 4.05. The monoisotopic (exact) mass is 301 g/mol. The van der Waals surface area contributed by atoms with Crippen LogP contribution in [-0.2, 0) is 12.6 Å². The minimum absolute atomic E-state index is 0.202. The highest BCUT2D eigenvalue weighted by Gasteiger charge is 2.30. The van der Waals surface area contributed by atoms with Crippen LogP contribution in [0.4, 0.5) is 13.2 Å². The molecule has 0 saturated carbocycles. The number of rotatable bonds is 7. The van der Waals surface area contributed by atoms with Crippen LogP contribution in [0.2, 0.25) is 0 Å². The van der Waals surface area contributed by atoms with Gasteiger partial charge in [-0.1, -0.05) is 45.9 Å². The van der Waals surface area contributed by atoms with Crippen LogP contribution < -0.4 is 5.32 Å². The quantitative estimate of drug-likeness (QED) is 0.754. The summed E-state index contributed by atoms with van der Waals surface area (Å²) in [7, 11) is 0. The molecule has 1 rings (SSSR count). The summed E-state index contributed by atoms with van der Waals surface area (Å²) >= 11 is 0. The maximum absolute atomic E-state index is 12.8. The van der Waals surface area contributed by atoms with Gasteiger partial charge in [-0.15, -0.1) is 0 Å². The second-order valence-corrected chi connectivity index (χ2v) is 6.07. The van der Waals surface area contributed by atoms with Gasteiger partial charge >= 0.3 is 6.18 Å². The van der Waals surface area contributed by atoms with Gasteiger partial charge in [-0.3, -0.25) is 0 Å². The Hall–Kier alpha value is -1.03. The highest BCUT2D eigenvalue weighted by Crippen LogP contribution is 2.30. The topological polar surface area (TPSA) is 12.0 Å². The maximum atomic E-state index is 12.8. The molecule has 1 N–H and O–H groups in total. The van der Waals surface area contributed by atoms with Gasteiger partial charge in [0.15, 0.2) is 0 Å². The van der Waals surface area contributed by atoms with Gasteiger partial charge in [0.25, 0.3) is 0 Å². The second-order valence-electron chi connectivity index (χ2n) is 6.07. The van der Waals surface area contributed by atoms with Crippen molar-refractivity contribution in [1.29, 1.82) is 0 Å². The molecule has 2 unspecified atom stereocenters. The van der Waals surface area contributed by atoms with Gasteiger partial charge < -0.3 is 5.32 Å². The summed E-state index contributed by atoms with van der Waals surface area (Å²) in [5, 5.41) is 3.48. The van der Waals surface area contributed by atoms with E-state index in [2.05, 4.69) is 33.0 Å². The molecule has 0 amide bonds. The normalized spacial score (nSPS) is 15.2. The molecule has 0 heterocycles. The summed E-state index contributed by atoms with van der Waals surface area (Å²) in [5.41, 5.74) is 0.178. The number of benzene rings is 1. The van der Waals surface area contributed by atoms with E-state index >= 15 is 0 Å². The molecule has 1 nitrogen and oxygen atoms in total. The fourth-order valence-electron chi connectivity index (χ4n) is 2.37. The molecule has 0 saturated heterocycles. The molecule has 2 atom stereocenters. The molecule has 1 aromatic carbocycles. The average molecular weight is 301 g/mol. The molecule has 4 heteroatoms. The number of alkyl halides is 3. The minimum atomic E-state index is -4.27. The van der Waals surface area contributed by atoms with Gasteiger partial charge in [0, 0.05) is 6.04 Å². The smallest absolute Gasteiger partial charge is 0.313 e. The van der Waals surface area contributed by atoms with E-state index in [1.807, 2.05) is 0 Å². The summed E-state index contributed by atoms with van der Waals surface area (Å²) in [5.74, 6) is 0.899. The first-order chi connectivity index (χ1) is 9.75. The fourth-order valence-corrected chi connectivity index (χ4v) is 2.37. The van der Waals surface area contributed by atoms with Crippen molar-refractivity contribution in [2.24, 2.45) is 11.8 Å². The minimum Gasteiger partial charge on any atom is -0.313 e. The average Bonchev–Trinajstić information content (AvgIpc) is 2.42. The third-order valence-electron chi connectivity index (χ3n) is 4.05. The summed E-state index contributed by atoms with van der Waals surface area (Å²) < 4.78 is 38.3. The Morgan fingerprint density at radius 3 is 2.33 bits per heavy atom. The number of hydrogen-bond acceptors (Lipinski definition) is 1.